The van der Waals surface area contributed by atoms with Crippen LogP contribution in [0.1, 0.15) is 0 Å². The summed E-state index contributed by atoms with van der Waals surface area (Å²) in [7, 11) is 0. The van der Waals surface area contributed by atoms with Gasteiger partial charge < -0.3 is 5.11 Å². The Hall–Kier alpha value is -1.58. The van der Waals surface area contributed by atoms with Crippen molar-refractivity contribution in [3.8, 4) is 0 Å². The zero-order valence-electron chi connectivity index (χ0n) is 15.0. The van der Waals surface area contributed by atoms with Gasteiger partial charge in [-0.3, -0.25) is 0 Å². The van der Waals surface area contributed by atoms with E-state index >= 15 is 0 Å². The summed E-state index contributed by atoms with van der Waals surface area (Å²) in [6.07, 6.45) is -6.18. The number of alkyl halides is 22. The first-order valence-electron chi connectivity index (χ1n) is 7.42. The third kappa shape index (κ3) is 3.84. The summed E-state index contributed by atoms with van der Waals surface area (Å²) in [6.45, 7) is -3.66. The van der Waals surface area contributed by atoms with Crippen LogP contribution in [0.2, 0.25) is 0 Å². The van der Waals surface area contributed by atoms with Gasteiger partial charge in [0, 0.05) is 0 Å². The monoisotopic (exact) mass is 582 g/mol. The van der Waals surface area contributed by atoms with E-state index in [0.717, 1.165) is 0 Å². The van der Waals surface area contributed by atoms with Crippen molar-refractivity contribution >= 4 is 0 Å². The Labute approximate surface area is 175 Å². The van der Waals surface area contributed by atoms with Crippen LogP contribution >= 0.6 is 0 Å². The highest BCUT2D eigenvalue weighted by Crippen LogP contribution is 2.66. The van der Waals surface area contributed by atoms with Crippen LogP contribution in [0.5, 0.6) is 0 Å². The number of aliphatic hydroxyl groups is 1. The lowest BCUT2D eigenvalue weighted by Crippen LogP contribution is -2.77. The van der Waals surface area contributed by atoms with Crippen LogP contribution in [-0.4, -0.2) is 77.4 Å². The molecule has 0 aromatic rings. The third-order valence-corrected chi connectivity index (χ3v) is 4.11. The lowest BCUT2D eigenvalue weighted by atomic mass is 9.85. The average molecular weight is 582 g/mol. The number of hydrogen-bond donors (Lipinski definition) is 1. The molecule has 0 aliphatic carbocycles. The quantitative estimate of drug-likeness (QED) is 0.273. The molecule has 0 spiro atoms. The van der Waals surface area contributed by atoms with E-state index in [2.05, 4.69) is 0 Å². The Morgan fingerprint density at radius 2 is 0.571 bits per heavy atom. The number of hydrogen-bond acceptors (Lipinski definition) is 1. The lowest BCUT2D eigenvalue weighted by molar-refractivity contribution is -0.471. The molecule has 0 bridgehead atoms. The van der Waals surface area contributed by atoms with Gasteiger partial charge in [0.2, 0.25) is 0 Å². The topological polar surface area (TPSA) is 20.2 Å². The Bertz CT molecular complexity index is 764. The zero-order chi connectivity index (χ0) is 29.3. The Morgan fingerprint density at radius 1 is 0.371 bits per heavy atom. The standard InChI is InChI=1S/C12H4F22O/c13-2(14)4(17,18)6(21,22)8(25,26)10(29,30)12(33,34)11(31,32)9(27,28)7(23,24)5(19,20)3(15,16)1-35/h2,35H,1H2. The van der Waals surface area contributed by atoms with Gasteiger partial charge in [0.1, 0.15) is 6.61 Å². The van der Waals surface area contributed by atoms with Gasteiger partial charge in [-0.05, 0) is 0 Å². The molecule has 0 radical (unpaired) electrons. The molecule has 0 saturated heterocycles. The minimum Gasteiger partial charge on any atom is -0.390 e. The molecular weight excluding hydrogens is 578 g/mol. The fourth-order valence-corrected chi connectivity index (χ4v) is 1.86. The highest BCUT2D eigenvalue weighted by atomic mass is 19.4. The Kier molecular flexibility index (Phi) is 7.84. The summed E-state index contributed by atoms with van der Waals surface area (Å²) in [6, 6.07) is 0. The molecule has 0 aromatic heterocycles. The van der Waals surface area contributed by atoms with Crippen molar-refractivity contribution in [2.75, 3.05) is 6.61 Å². The Balaban J connectivity index is 7.11. The highest BCUT2D eigenvalue weighted by molar-refractivity contribution is 5.18. The molecule has 0 saturated carbocycles. The van der Waals surface area contributed by atoms with Crippen LogP contribution in [0.15, 0.2) is 0 Å². The smallest absolute Gasteiger partial charge is 0.385 e. The average Bonchev–Trinajstić information content (AvgIpc) is 2.66. The molecule has 0 aliphatic heterocycles. The fourth-order valence-electron chi connectivity index (χ4n) is 1.86. The molecule has 0 unspecified atom stereocenters. The number of rotatable bonds is 11. The summed E-state index contributed by atoms with van der Waals surface area (Å²) in [5, 5.41) is 7.79. The van der Waals surface area contributed by atoms with Crippen LogP contribution in [-0.2, 0) is 0 Å². The largest absolute Gasteiger partial charge is 0.390 e. The molecule has 212 valence electrons. The molecule has 1 nitrogen and oxygen atoms in total. The second-order valence-electron chi connectivity index (χ2n) is 6.38. The van der Waals surface area contributed by atoms with E-state index in [4.69, 9.17) is 5.11 Å². The Morgan fingerprint density at radius 3 is 0.771 bits per heavy atom. The molecule has 0 rings (SSSR count). The molecule has 0 aliphatic rings. The molecule has 0 amide bonds. The summed E-state index contributed by atoms with van der Waals surface area (Å²) < 4.78 is 285. The molecule has 0 aromatic carbocycles. The number of halogens is 22. The van der Waals surface area contributed by atoms with E-state index in [1.165, 1.54) is 0 Å². The highest BCUT2D eigenvalue weighted by Gasteiger charge is 2.97. The van der Waals surface area contributed by atoms with Crippen molar-refractivity contribution in [1.82, 2.24) is 0 Å². The SMILES string of the molecule is OCC(F)(F)C(F)(F)C(F)(F)C(F)(F)C(F)(F)C(F)(F)C(F)(F)C(F)(F)C(F)(F)C(F)(F)C(F)F. The second kappa shape index (κ2) is 8.21. The van der Waals surface area contributed by atoms with Gasteiger partial charge in [-0.2, -0.15) is 87.8 Å². The maximum atomic E-state index is 13.4. The van der Waals surface area contributed by atoms with E-state index < -0.39 is 72.3 Å². The maximum absolute atomic E-state index is 13.4. The van der Waals surface area contributed by atoms with Gasteiger partial charge in [-0.25, -0.2) is 8.78 Å². The van der Waals surface area contributed by atoms with Crippen LogP contribution < -0.4 is 0 Å². The van der Waals surface area contributed by atoms with Gasteiger partial charge in [0.05, 0.1) is 0 Å². The first-order valence-corrected chi connectivity index (χ1v) is 7.42. The summed E-state index contributed by atoms with van der Waals surface area (Å²) >= 11 is 0. The molecule has 0 atom stereocenters. The van der Waals surface area contributed by atoms with Gasteiger partial charge in [0.15, 0.2) is 0 Å². The van der Waals surface area contributed by atoms with Crippen LogP contribution in [0.3, 0.4) is 0 Å². The van der Waals surface area contributed by atoms with Crippen molar-refractivity contribution in [3.63, 3.8) is 0 Å². The summed E-state index contributed by atoms with van der Waals surface area (Å²) in [5.74, 6) is -86.0. The van der Waals surface area contributed by atoms with Gasteiger partial charge in [-0.15, -0.1) is 0 Å². The predicted octanol–water partition coefficient (Wildman–Crippen LogP) is 6.60. The fraction of sp³-hybridized carbons (Fsp3) is 1.00. The lowest BCUT2D eigenvalue weighted by Gasteiger charge is -2.44. The van der Waals surface area contributed by atoms with Crippen molar-refractivity contribution in [2.45, 2.75) is 65.7 Å². The van der Waals surface area contributed by atoms with Gasteiger partial charge >= 0.3 is 65.7 Å². The molecule has 23 heteroatoms. The molecule has 35 heavy (non-hydrogen) atoms. The predicted molar refractivity (Wildman–Crippen MR) is 62.6 cm³/mol. The molecule has 0 heterocycles. The molecular formula is C12H4F22O. The van der Waals surface area contributed by atoms with Crippen molar-refractivity contribution in [1.29, 1.82) is 0 Å². The van der Waals surface area contributed by atoms with E-state index in [-0.39, 0.29) is 0 Å². The first-order chi connectivity index (χ1) is 14.8. The minimum absolute atomic E-state index is 3.66. The van der Waals surface area contributed by atoms with Crippen molar-refractivity contribution in [2.24, 2.45) is 0 Å². The number of aliphatic hydroxyl groups excluding tert-OH is 1. The van der Waals surface area contributed by atoms with E-state index in [0.29, 0.717) is 0 Å². The minimum atomic E-state index is -9.28. The summed E-state index contributed by atoms with van der Waals surface area (Å²) in [4.78, 5) is 0. The van der Waals surface area contributed by atoms with Gasteiger partial charge in [-0.1, -0.05) is 0 Å². The van der Waals surface area contributed by atoms with E-state index in [1.54, 1.807) is 0 Å². The summed E-state index contributed by atoms with van der Waals surface area (Å²) in [5.41, 5.74) is 0. The van der Waals surface area contributed by atoms with Gasteiger partial charge in [0.25, 0.3) is 0 Å². The second-order valence-corrected chi connectivity index (χ2v) is 6.38. The van der Waals surface area contributed by atoms with Crippen LogP contribution in [0.4, 0.5) is 96.6 Å². The normalized spacial score (nSPS) is 16.8. The van der Waals surface area contributed by atoms with E-state index in [9.17, 15) is 96.6 Å². The molecule has 0 fully saturated rings. The third-order valence-electron chi connectivity index (χ3n) is 4.11. The molecule has 1 N–H and O–H groups in total. The maximum Gasteiger partial charge on any atom is 0.385 e. The van der Waals surface area contributed by atoms with Crippen LogP contribution in [0.25, 0.3) is 0 Å². The van der Waals surface area contributed by atoms with Crippen molar-refractivity contribution < 1.29 is 102 Å². The first kappa shape index (κ1) is 33.4. The van der Waals surface area contributed by atoms with E-state index in [1.807, 2.05) is 0 Å². The van der Waals surface area contributed by atoms with Crippen LogP contribution in [0, 0.1) is 0 Å². The van der Waals surface area contributed by atoms with Crippen molar-refractivity contribution in [3.05, 3.63) is 0 Å². The zero-order valence-corrected chi connectivity index (χ0v) is 15.0.